The van der Waals surface area contributed by atoms with E-state index < -0.39 is 0 Å². The Bertz CT molecular complexity index is 386. The predicted octanol–water partition coefficient (Wildman–Crippen LogP) is 2.00. The van der Waals surface area contributed by atoms with Gasteiger partial charge in [-0.3, -0.25) is 0 Å². The molecule has 1 aromatic rings. The molecule has 2 heteroatoms. The van der Waals surface area contributed by atoms with Gasteiger partial charge in [-0.2, -0.15) is 0 Å². The van der Waals surface area contributed by atoms with Gasteiger partial charge in [0.15, 0.2) is 0 Å². The number of fused-ring (bicyclic) bond motifs is 3. The first kappa shape index (κ1) is 9.22. The molecule has 1 aromatic carbocycles. The lowest BCUT2D eigenvalue weighted by Crippen LogP contribution is -2.04. The lowest BCUT2D eigenvalue weighted by molar-refractivity contribution is 0.357. The maximum absolute atomic E-state index is 5.65. The molecular formula is C13H17NO. The zero-order valence-corrected chi connectivity index (χ0v) is 8.96. The molecule has 0 bridgehead atoms. The van der Waals surface area contributed by atoms with Crippen molar-refractivity contribution < 1.29 is 4.74 Å². The SMILES string of the molecule is NCCC1CCc2c1ccc1c2CCO1. The Hall–Kier alpha value is -1.02. The Morgan fingerprint density at radius 3 is 3.07 bits per heavy atom. The molecule has 0 saturated heterocycles. The molecule has 3 rings (SSSR count). The number of rotatable bonds is 2. The van der Waals surface area contributed by atoms with Crippen molar-refractivity contribution >= 4 is 0 Å². The van der Waals surface area contributed by atoms with Crippen LogP contribution in [0.4, 0.5) is 0 Å². The van der Waals surface area contributed by atoms with E-state index in [4.69, 9.17) is 10.5 Å². The molecule has 0 radical (unpaired) electrons. The second kappa shape index (κ2) is 3.53. The Kier molecular flexibility index (Phi) is 2.17. The van der Waals surface area contributed by atoms with E-state index in [0.717, 1.165) is 31.7 Å². The minimum Gasteiger partial charge on any atom is -0.493 e. The van der Waals surface area contributed by atoms with E-state index in [9.17, 15) is 0 Å². The first-order chi connectivity index (χ1) is 7.40. The highest BCUT2D eigenvalue weighted by molar-refractivity contribution is 5.50. The van der Waals surface area contributed by atoms with E-state index in [-0.39, 0.29) is 0 Å². The molecular weight excluding hydrogens is 186 g/mol. The Labute approximate surface area is 90.4 Å². The molecule has 0 amide bonds. The average Bonchev–Trinajstić information content (AvgIpc) is 2.83. The molecule has 1 aliphatic carbocycles. The van der Waals surface area contributed by atoms with Crippen LogP contribution in [0.2, 0.25) is 0 Å². The largest absolute Gasteiger partial charge is 0.493 e. The van der Waals surface area contributed by atoms with E-state index >= 15 is 0 Å². The molecule has 2 nitrogen and oxygen atoms in total. The van der Waals surface area contributed by atoms with Crippen LogP contribution in [-0.4, -0.2) is 13.2 Å². The van der Waals surface area contributed by atoms with Gasteiger partial charge in [-0.1, -0.05) is 6.07 Å². The third-order valence-corrected chi connectivity index (χ3v) is 3.73. The Morgan fingerprint density at radius 1 is 1.27 bits per heavy atom. The average molecular weight is 203 g/mol. The zero-order chi connectivity index (χ0) is 10.3. The Balaban J connectivity index is 2.01. The van der Waals surface area contributed by atoms with E-state index in [2.05, 4.69) is 12.1 Å². The third kappa shape index (κ3) is 1.36. The monoisotopic (exact) mass is 203 g/mol. The van der Waals surface area contributed by atoms with Crippen LogP contribution < -0.4 is 10.5 Å². The van der Waals surface area contributed by atoms with Crippen LogP contribution in [0.25, 0.3) is 0 Å². The van der Waals surface area contributed by atoms with Crippen molar-refractivity contribution in [3.63, 3.8) is 0 Å². The first-order valence-electron chi connectivity index (χ1n) is 5.87. The van der Waals surface area contributed by atoms with Crippen LogP contribution in [0.1, 0.15) is 35.4 Å². The van der Waals surface area contributed by atoms with Crippen LogP contribution >= 0.6 is 0 Å². The minimum absolute atomic E-state index is 0.705. The van der Waals surface area contributed by atoms with Crippen molar-refractivity contribution in [1.82, 2.24) is 0 Å². The van der Waals surface area contributed by atoms with Crippen molar-refractivity contribution in [3.05, 3.63) is 28.8 Å². The molecule has 0 spiro atoms. The maximum atomic E-state index is 5.65. The van der Waals surface area contributed by atoms with E-state index in [1.165, 1.54) is 18.4 Å². The molecule has 1 heterocycles. The summed E-state index contributed by atoms with van der Waals surface area (Å²) in [6.45, 7) is 1.67. The van der Waals surface area contributed by atoms with Gasteiger partial charge < -0.3 is 10.5 Å². The zero-order valence-electron chi connectivity index (χ0n) is 8.96. The van der Waals surface area contributed by atoms with Gasteiger partial charge in [0.1, 0.15) is 5.75 Å². The number of hydrogen-bond donors (Lipinski definition) is 1. The van der Waals surface area contributed by atoms with E-state index in [1.54, 1.807) is 11.1 Å². The van der Waals surface area contributed by atoms with Crippen molar-refractivity contribution in [1.29, 1.82) is 0 Å². The summed E-state index contributed by atoms with van der Waals surface area (Å²) in [5, 5.41) is 0. The second-order valence-electron chi connectivity index (χ2n) is 4.52. The van der Waals surface area contributed by atoms with Gasteiger partial charge in [-0.05, 0) is 48.9 Å². The third-order valence-electron chi connectivity index (χ3n) is 3.73. The number of benzene rings is 1. The summed E-state index contributed by atoms with van der Waals surface area (Å²) < 4.78 is 5.59. The fourth-order valence-electron chi connectivity index (χ4n) is 3.01. The van der Waals surface area contributed by atoms with Crippen LogP contribution in [0.15, 0.2) is 12.1 Å². The second-order valence-corrected chi connectivity index (χ2v) is 4.52. The smallest absolute Gasteiger partial charge is 0.122 e. The highest BCUT2D eigenvalue weighted by atomic mass is 16.5. The summed E-state index contributed by atoms with van der Waals surface area (Å²) in [4.78, 5) is 0. The van der Waals surface area contributed by atoms with Crippen LogP contribution in [-0.2, 0) is 12.8 Å². The molecule has 1 unspecified atom stereocenters. The molecule has 0 fully saturated rings. The van der Waals surface area contributed by atoms with E-state index in [1.807, 2.05) is 0 Å². The topological polar surface area (TPSA) is 35.2 Å². The van der Waals surface area contributed by atoms with Gasteiger partial charge in [-0.15, -0.1) is 0 Å². The lowest BCUT2D eigenvalue weighted by atomic mass is 9.95. The van der Waals surface area contributed by atoms with Gasteiger partial charge in [-0.25, -0.2) is 0 Å². The van der Waals surface area contributed by atoms with Gasteiger partial charge in [0.25, 0.3) is 0 Å². The van der Waals surface area contributed by atoms with Gasteiger partial charge in [0.05, 0.1) is 6.61 Å². The van der Waals surface area contributed by atoms with Crippen molar-refractivity contribution in [2.45, 2.75) is 31.6 Å². The number of hydrogen-bond acceptors (Lipinski definition) is 2. The van der Waals surface area contributed by atoms with Crippen LogP contribution in [0.5, 0.6) is 5.75 Å². The highest BCUT2D eigenvalue weighted by Crippen LogP contribution is 2.41. The summed E-state index contributed by atoms with van der Waals surface area (Å²) in [5.41, 5.74) is 10.3. The van der Waals surface area contributed by atoms with E-state index in [0.29, 0.717) is 5.92 Å². The van der Waals surface area contributed by atoms with Crippen molar-refractivity contribution in [2.75, 3.05) is 13.2 Å². The number of ether oxygens (including phenoxy) is 1. The molecule has 2 N–H and O–H groups in total. The summed E-state index contributed by atoms with van der Waals surface area (Å²) >= 11 is 0. The molecule has 0 aromatic heterocycles. The quantitative estimate of drug-likeness (QED) is 0.798. The molecule has 80 valence electrons. The summed E-state index contributed by atoms with van der Waals surface area (Å²) in [6, 6.07) is 4.41. The summed E-state index contributed by atoms with van der Waals surface area (Å²) in [5.74, 6) is 1.83. The summed E-state index contributed by atoms with van der Waals surface area (Å²) in [7, 11) is 0. The van der Waals surface area contributed by atoms with Crippen LogP contribution in [0, 0.1) is 0 Å². The highest BCUT2D eigenvalue weighted by Gasteiger charge is 2.27. The maximum Gasteiger partial charge on any atom is 0.122 e. The molecule has 0 saturated carbocycles. The van der Waals surface area contributed by atoms with Crippen molar-refractivity contribution in [2.24, 2.45) is 5.73 Å². The lowest BCUT2D eigenvalue weighted by Gasteiger charge is -2.11. The standard InChI is InChI=1S/C13H17NO/c14-7-5-9-1-2-11-10(9)3-4-13-12(11)6-8-15-13/h3-4,9H,1-2,5-8,14H2. The fraction of sp³-hybridized carbons (Fsp3) is 0.538. The van der Waals surface area contributed by atoms with Gasteiger partial charge in [0.2, 0.25) is 0 Å². The molecule has 1 aliphatic heterocycles. The van der Waals surface area contributed by atoms with Crippen molar-refractivity contribution in [3.8, 4) is 5.75 Å². The van der Waals surface area contributed by atoms with Gasteiger partial charge >= 0.3 is 0 Å². The van der Waals surface area contributed by atoms with Crippen LogP contribution in [0.3, 0.4) is 0 Å². The first-order valence-corrected chi connectivity index (χ1v) is 5.87. The fourth-order valence-corrected chi connectivity index (χ4v) is 3.01. The van der Waals surface area contributed by atoms with Gasteiger partial charge in [0, 0.05) is 12.0 Å². The molecule has 1 atom stereocenters. The minimum atomic E-state index is 0.705. The predicted molar refractivity (Wildman–Crippen MR) is 60.4 cm³/mol. The molecule has 15 heavy (non-hydrogen) atoms. The normalized spacial score (nSPS) is 22.3. The number of nitrogens with two attached hydrogens (primary N) is 1. The summed E-state index contributed by atoms with van der Waals surface area (Å²) in [6.07, 6.45) is 4.75. The Morgan fingerprint density at radius 2 is 2.20 bits per heavy atom. The molecule has 2 aliphatic rings.